The van der Waals surface area contributed by atoms with Crippen molar-refractivity contribution in [3.8, 4) is 0 Å². The zero-order valence-corrected chi connectivity index (χ0v) is 12.0. The molecule has 4 nitrogen and oxygen atoms in total. The van der Waals surface area contributed by atoms with Crippen molar-refractivity contribution in [1.29, 1.82) is 0 Å². The van der Waals surface area contributed by atoms with Gasteiger partial charge in [-0.15, -0.1) is 0 Å². The van der Waals surface area contributed by atoms with Gasteiger partial charge in [0.25, 0.3) is 0 Å². The van der Waals surface area contributed by atoms with Gasteiger partial charge in [-0.2, -0.15) is 13.2 Å². The van der Waals surface area contributed by atoms with E-state index in [4.69, 9.17) is 0 Å². The second-order valence-electron chi connectivity index (χ2n) is 5.19. The van der Waals surface area contributed by atoms with E-state index in [0.29, 0.717) is 25.2 Å². The van der Waals surface area contributed by atoms with Gasteiger partial charge in [-0.1, -0.05) is 6.92 Å². The van der Waals surface area contributed by atoms with E-state index in [9.17, 15) is 17.6 Å². The van der Waals surface area contributed by atoms with Crippen molar-refractivity contribution < 1.29 is 17.6 Å². The molecule has 0 aromatic carbocycles. The quantitative estimate of drug-likeness (QED) is 0.802. The van der Waals surface area contributed by atoms with Gasteiger partial charge in [0.2, 0.25) is 0 Å². The molecule has 0 amide bonds. The van der Waals surface area contributed by atoms with Gasteiger partial charge in [0.05, 0.1) is 12.2 Å². The zero-order chi connectivity index (χ0) is 15.6. The molecule has 1 saturated heterocycles. The van der Waals surface area contributed by atoms with E-state index in [1.165, 1.54) is 11.2 Å². The highest BCUT2D eigenvalue weighted by Crippen LogP contribution is 2.24. The van der Waals surface area contributed by atoms with E-state index in [0.717, 1.165) is 0 Å². The number of aryl methyl sites for hydroxylation is 1. The van der Waals surface area contributed by atoms with Crippen LogP contribution in [0.25, 0.3) is 0 Å². The van der Waals surface area contributed by atoms with Crippen LogP contribution in [-0.4, -0.2) is 53.3 Å². The molecule has 2 heterocycles. The van der Waals surface area contributed by atoms with Crippen molar-refractivity contribution in [3.05, 3.63) is 17.8 Å². The summed E-state index contributed by atoms with van der Waals surface area (Å²) in [6, 6.07) is -0.320. The van der Waals surface area contributed by atoms with Crippen molar-refractivity contribution in [3.63, 3.8) is 0 Å². The molecule has 1 atom stereocenters. The van der Waals surface area contributed by atoms with Crippen LogP contribution in [-0.2, 0) is 6.42 Å². The molecule has 21 heavy (non-hydrogen) atoms. The molecule has 1 fully saturated rings. The van der Waals surface area contributed by atoms with Gasteiger partial charge in [-0.3, -0.25) is 4.90 Å². The number of hydrogen-bond acceptors (Lipinski definition) is 4. The van der Waals surface area contributed by atoms with E-state index >= 15 is 0 Å². The van der Waals surface area contributed by atoms with Crippen LogP contribution in [0.1, 0.15) is 19.5 Å². The van der Waals surface area contributed by atoms with Crippen LogP contribution in [0.15, 0.2) is 6.33 Å². The predicted octanol–water partition coefficient (Wildman–Crippen LogP) is 2.25. The Balaban J connectivity index is 2.09. The number of nitrogens with zero attached hydrogens (tertiary/aromatic N) is 4. The van der Waals surface area contributed by atoms with Crippen molar-refractivity contribution in [2.75, 3.05) is 31.1 Å². The summed E-state index contributed by atoms with van der Waals surface area (Å²) >= 11 is 0. The van der Waals surface area contributed by atoms with E-state index in [-0.39, 0.29) is 18.4 Å². The van der Waals surface area contributed by atoms with Crippen molar-refractivity contribution >= 4 is 5.82 Å². The van der Waals surface area contributed by atoms with Crippen molar-refractivity contribution in [1.82, 2.24) is 14.9 Å². The average molecular weight is 306 g/mol. The van der Waals surface area contributed by atoms with E-state index in [2.05, 4.69) is 9.97 Å². The smallest absolute Gasteiger partial charge is 0.351 e. The molecule has 0 spiro atoms. The van der Waals surface area contributed by atoms with E-state index in [1.807, 2.05) is 0 Å². The second kappa shape index (κ2) is 6.13. The minimum absolute atomic E-state index is 0.181. The summed E-state index contributed by atoms with van der Waals surface area (Å²) in [5.41, 5.74) is 0.324. The molecule has 1 aliphatic rings. The highest BCUT2D eigenvalue weighted by atomic mass is 19.4. The Labute approximate surface area is 120 Å². The minimum Gasteiger partial charge on any atom is -0.351 e. The van der Waals surface area contributed by atoms with Crippen LogP contribution in [0, 0.1) is 5.82 Å². The molecule has 0 unspecified atom stereocenters. The Morgan fingerprint density at radius 3 is 2.57 bits per heavy atom. The topological polar surface area (TPSA) is 32.3 Å². The third-order valence-electron chi connectivity index (χ3n) is 3.63. The number of hydrogen-bond donors (Lipinski definition) is 0. The molecule has 0 aliphatic carbocycles. The van der Waals surface area contributed by atoms with Gasteiger partial charge < -0.3 is 4.90 Å². The Kier molecular flexibility index (Phi) is 4.65. The van der Waals surface area contributed by atoms with E-state index in [1.54, 1.807) is 18.7 Å². The molecule has 0 saturated carbocycles. The Bertz CT molecular complexity index is 492. The summed E-state index contributed by atoms with van der Waals surface area (Å²) in [7, 11) is 0. The summed E-state index contributed by atoms with van der Waals surface area (Å²) in [5, 5.41) is 0. The zero-order valence-electron chi connectivity index (χ0n) is 12.0. The molecular weight excluding hydrogens is 288 g/mol. The molecule has 0 N–H and O–H groups in total. The maximum Gasteiger partial charge on any atom is 0.401 e. The van der Waals surface area contributed by atoms with Gasteiger partial charge in [-0.05, 0) is 13.3 Å². The molecule has 1 aromatic rings. The molecule has 118 valence electrons. The fraction of sp³-hybridized carbons (Fsp3) is 0.692. The maximum absolute atomic E-state index is 14.2. The molecule has 0 radical (unpaired) electrons. The lowest BCUT2D eigenvalue weighted by Crippen LogP contribution is -2.54. The Morgan fingerprint density at radius 1 is 1.29 bits per heavy atom. The first-order chi connectivity index (χ1) is 9.81. The standard InChI is InChI=1S/C13H18F4N4/c1-3-10-11(14)12(19-8-18-10)20-4-5-21(9(2)6-20)7-13(15,16)17/h8-9H,3-7H2,1-2H3/t9-/m1/s1. The summed E-state index contributed by atoms with van der Waals surface area (Å²) < 4.78 is 51.6. The number of alkyl halides is 3. The van der Waals surface area contributed by atoms with Gasteiger partial charge in [0, 0.05) is 25.7 Å². The first kappa shape index (κ1) is 15.9. The van der Waals surface area contributed by atoms with Crippen molar-refractivity contribution in [2.45, 2.75) is 32.5 Å². The minimum atomic E-state index is -4.22. The van der Waals surface area contributed by atoms with Crippen LogP contribution in [0.3, 0.4) is 0 Å². The molecule has 2 rings (SSSR count). The Morgan fingerprint density at radius 2 is 2.00 bits per heavy atom. The molecule has 1 aromatic heterocycles. The van der Waals surface area contributed by atoms with Crippen LogP contribution in [0.5, 0.6) is 0 Å². The maximum atomic E-state index is 14.2. The molecule has 0 bridgehead atoms. The summed E-state index contributed by atoms with van der Waals surface area (Å²) in [6.07, 6.45) is -2.47. The lowest BCUT2D eigenvalue weighted by atomic mass is 10.2. The number of aromatic nitrogens is 2. The third-order valence-corrected chi connectivity index (χ3v) is 3.63. The lowest BCUT2D eigenvalue weighted by molar-refractivity contribution is -0.150. The molecular formula is C13H18F4N4. The highest BCUT2D eigenvalue weighted by molar-refractivity contribution is 5.41. The number of halogens is 4. The van der Waals surface area contributed by atoms with Gasteiger partial charge in [0.1, 0.15) is 6.33 Å². The number of anilines is 1. The monoisotopic (exact) mass is 306 g/mol. The highest BCUT2D eigenvalue weighted by Gasteiger charge is 2.35. The second-order valence-corrected chi connectivity index (χ2v) is 5.19. The van der Waals surface area contributed by atoms with Crippen LogP contribution in [0.4, 0.5) is 23.4 Å². The first-order valence-corrected chi connectivity index (χ1v) is 6.87. The van der Waals surface area contributed by atoms with E-state index < -0.39 is 18.5 Å². The fourth-order valence-corrected chi connectivity index (χ4v) is 2.52. The number of piperazine rings is 1. The van der Waals surface area contributed by atoms with Gasteiger partial charge in [-0.25, -0.2) is 14.4 Å². The summed E-state index contributed by atoms with van der Waals surface area (Å²) in [4.78, 5) is 10.9. The Hall–Kier alpha value is -1.44. The van der Waals surface area contributed by atoms with Crippen molar-refractivity contribution in [2.24, 2.45) is 0 Å². The first-order valence-electron chi connectivity index (χ1n) is 6.87. The van der Waals surface area contributed by atoms with Gasteiger partial charge in [0.15, 0.2) is 11.6 Å². The van der Waals surface area contributed by atoms with Gasteiger partial charge >= 0.3 is 6.18 Å². The molecule has 1 aliphatic heterocycles. The lowest BCUT2D eigenvalue weighted by Gasteiger charge is -2.40. The van der Waals surface area contributed by atoms with Crippen LogP contribution < -0.4 is 4.90 Å². The predicted molar refractivity (Wildman–Crippen MR) is 70.7 cm³/mol. The summed E-state index contributed by atoms with van der Waals surface area (Å²) in [5.74, 6) is -0.295. The van der Waals surface area contributed by atoms with Crippen LogP contribution in [0.2, 0.25) is 0 Å². The average Bonchev–Trinajstić information content (AvgIpc) is 2.40. The third kappa shape index (κ3) is 3.81. The van der Waals surface area contributed by atoms with Crippen LogP contribution >= 0.6 is 0 Å². The largest absolute Gasteiger partial charge is 0.401 e. The fourth-order valence-electron chi connectivity index (χ4n) is 2.52. The summed E-state index contributed by atoms with van der Waals surface area (Å²) in [6.45, 7) is 3.42. The normalized spacial score (nSPS) is 20.9. The SMILES string of the molecule is CCc1ncnc(N2CCN(CC(F)(F)F)[C@H](C)C2)c1F. The number of rotatable bonds is 3. The molecule has 8 heteroatoms.